The molecule has 2 aromatic carbocycles. The molecule has 23 heavy (non-hydrogen) atoms. The lowest BCUT2D eigenvalue weighted by molar-refractivity contribution is 1.35. The average molecular weight is 316 g/mol. The number of benzene rings is 2. The van der Waals surface area contributed by atoms with Crippen LogP contribution in [-0.2, 0) is 0 Å². The Balaban J connectivity index is 2.51. The van der Waals surface area contributed by atoms with Crippen LogP contribution in [0.4, 0.5) is 0 Å². The van der Waals surface area contributed by atoms with Crippen molar-refractivity contribution in [1.29, 1.82) is 5.26 Å². The second-order valence-corrected chi connectivity index (χ2v) is 12.0. The summed E-state index contributed by atoms with van der Waals surface area (Å²) in [6, 6.07) is 17.0. The molecule has 3 rings (SSSR count). The lowest BCUT2D eigenvalue weighted by Crippen LogP contribution is -2.38. The quantitative estimate of drug-likeness (QED) is 0.646. The van der Waals surface area contributed by atoms with Crippen molar-refractivity contribution in [2.75, 3.05) is 0 Å². The van der Waals surface area contributed by atoms with Crippen molar-refractivity contribution in [3.8, 4) is 17.2 Å². The molecule has 0 fully saturated rings. The number of rotatable bonds is 2. The number of aromatic nitrogens is 1. The molecule has 0 saturated heterocycles. The lowest BCUT2D eigenvalue weighted by Gasteiger charge is -2.22. The molecule has 3 heteroatoms. The van der Waals surface area contributed by atoms with Crippen molar-refractivity contribution in [3.63, 3.8) is 0 Å². The van der Waals surface area contributed by atoms with E-state index in [4.69, 9.17) is 0 Å². The molecule has 0 radical (unpaired) electrons. The van der Waals surface area contributed by atoms with E-state index in [0.717, 1.165) is 16.5 Å². The zero-order valence-corrected chi connectivity index (χ0v) is 15.0. The minimum absolute atomic E-state index is 0.694. The van der Waals surface area contributed by atoms with Gasteiger partial charge in [0.15, 0.2) is 0 Å². The number of nitriles is 1. The SMILES string of the molecule is Cc1cc([Si](C)(C)C)c2c(-c3ccccc3)ccnc2c1C#N. The summed E-state index contributed by atoms with van der Waals surface area (Å²) in [5, 5.41) is 12.1. The van der Waals surface area contributed by atoms with Crippen molar-refractivity contribution in [2.24, 2.45) is 0 Å². The van der Waals surface area contributed by atoms with E-state index >= 15 is 0 Å². The first kappa shape index (κ1) is 15.5. The third kappa shape index (κ3) is 2.67. The van der Waals surface area contributed by atoms with Crippen LogP contribution >= 0.6 is 0 Å². The van der Waals surface area contributed by atoms with Gasteiger partial charge in [0.05, 0.1) is 19.2 Å². The van der Waals surface area contributed by atoms with Gasteiger partial charge in [0.1, 0.15) is 6.07 Å². The highest BCUT2D eigenvalue weighted by Crippen LogP contribution is 2.30. The van der Waals surface area contributed by atoms with Gasteiger partial charge in [-0.25, -0.2) is 0 Å². The number of pyridine rings is 1. The van der Waals surface area contributed by atoms with E-state index in [2.05, 4.69) is 67.1 Å². The number of hydrogen-bond acceptors (Lipinski definition) is 2. The molecule has 2 nitrogen and oxygen atoms in total. The second kappa shape index (κ2) is 5.64. The second-order valence-electron chi connectivity index (χ2n) is 6.93. The van der Waals surface area contributed by atoms with E-state index in [0.29, 0.717) is 5.56 Å². The van der Waals surface area contributed by atoms with Crippen LogP contribution in [-0.4, -0.2) is 13.1 Å². The van der Waals surface area contributed by atoms with E-state index in [1.54, 1.807) is 0 Å². The molecule has 0 unspecified atom stereocenters. The first-order valence-corrected chi connectivity index (χ1v) is 11.3. The van der Waals surface area contributed by atoms with E-state index in [9.17, 15) is 5.26 Å². The molecule has 0 aliphatic heterocycles. The van der Waals surface area contributed by atoms with Gasteiger partial charge in [-0.1, -0.05) is 56.0 Å². The molecule has 0 aliphatic carbocycles. The van der Waals surface area contributed by atoms with Crippen molar-refractivity contribution in [1.82, 2.24) is 4.98 Å². The van der Waals surface area contributed by atoms with Crippen LogP contribution in [0.2, 0.25) is 19.6 Å². The minimum atomic E-state index is -1.58. The summed E-state index contributed by atoms with van der Waals surface area (Å²) in [5.74, 6) is 0. The highest BCUT2D eigenvalue weighted by Gasteiger charge is 2.24. The standard InChI is InChI=1S/C20H20N2Si/c1-14-12-18(23(2,3)4)19-16(15-8-6-5-7-9-15)10-11-22-20(19)17(14)13-21/h5-12H,1-4H3. The number of fused-ring (bicyclic) bond motifs is 1. The fourth-order valence-electron chi connectivity index (χ4n) is 3.06. The van der Waals surface area contributed by atoms with Gasteiger partial charge in [0.2, 0.25) is 0 Å². The van der Waals surface area contributed by atoms with Crippen molar-refractivity contribution in [3.05, 3.63) is 59.8 Å². The monoisotopic (exact) mass is 316 g/mol. The summed E-state index contributed by atoms with van der Waals surface area (Å²) in [4.78, 5) is 4.57. The van der Waals surface area contributed by atoms with Crippen molar-refractivity contribution < 1.29 is 0 Å². The fraction of sp³-hybridized carbons (Fsp3) is 0.200. The summed E-state index contributed by atoms with van der Waals surface area (Å²) in [6.45, 7) is 9.04. The van der Waals surface area contributed by atoms with Gasteiger partial charge >= 0.3 is 0 Å². The Bertz CT molecular complexity index is 916. The van der Waals surface area contributed by atoms with E-state index in [-0.39, 0.29) is 0 Å². The third-order valence-electron chi connectivity index (χ3n) is 4.22. The van der Waals surface area contributed by atoms with E-state index < -0.39 is 8.07 Å². The molecule has 0 atom stereocenters. The molecule has 0 bridgehead atoms. The van der Waals surface area contributed by atoms with Crippen LogP contribution in [0.15, 0.2) is 48.7 Å². The average Bonchev–Trinajstić information content (AvgIpc) is 2.53. The molecular weight excluding hydrogens is 296 g/mol. The van der Waals surface area contributed by atoms with Gasteiger partial charge in [-0.2, -0.15) is 5.26 Å². The van der Waals surface area contributed by atoms with Gasteiger partial charge < -0.3 is 0 Å². The molecule has 1 heterocycles. The summed E-state index contributed by atoms with van der Waals surface area (Å²) in [7, 11) is -1.58. The Hall–Kier alpha value is -2.44. The van der Waals surface area contributed by atoms with Crippen molar-refractivity contribution >= 4 is 24.2 Å². The molecule has 1 aromatic heterocycles. The molecule has 0 aliphatic rings. The summed E-state index contributed by atoms with van der Waals surface area (Å²) in [5.41, 5.74) is 4.90. The lowest BCUT2D eigenvalue weighted by atomic mass is 9.97. The van der Waals surface area contributed by atoms with Crippen LogP contribution in [0.3, 0.4) is 0 Å². The van der Waals surface area contributed by atoms with E-state index in [1.165, 1.54) is 16.3 Å². The number of hydrogen-bond donors (Lipinski definition) is 0. The molecule has 0 amide bonds. The summed E-state index contributed by atoms with van der Waals surface area (Å²) in [6.07, 6.45) is 1.82. The Kier molecular flexibility index (Phi) is 3.79. The topological polar surface area (TPSA) is 36.7 Å². The molecule has 0 saturated carbocycles. The normalized spacial score (nSPS) is 11.4. The Morgan fingerprint density at radius 2 is 1.74 bits per heavy atom. The predicted octanol–water partition coefficient (Wildman–Crippen LogP) is 4.63. The minimum Gasteiger partial charge on any atom is -0.255 e. The maximum absolute atomic E-state index is 9.59. The van der Waals surface area contributed by atoms with E-state index in [1.807, 2.05) is 19.2 Å². The largest absolute Gasteiger partial charge is 0.255 e. The van der Waals surface area contributed by atoms with Gasteiger partial charge in [-0.05, 0) is 34.9 Å². The molecular formula is C20H20N2Si. The predicted molar refractivity (Wildman–Crippen MR) is 99.6 cm³/mol. The zero-order valence-electron chi connectivity index (χ0n) is 14.0. The van der Waals surface area contributed by atoms with Crippen LogP contribution in [0, 0.1) is 18.3 Å². The van der Waals surface area contributed by atoms with Gasteiger partial charge in [-0.15, -0.1) is 0 Å². The Labute approximate surface area is 138 Å². The Morgan fingerprint density at radius 1 is 1.04 bits per heavy atom. The Morgan fingerprint density at radius 3 is 2.35 bits per heavy atom. The maximum Gasteiger partial charge on any atom is 0.102 e. The summed E-state index contributed by atoms with van der Waals surface area (Å²) < 4.78 is 0. The molecule has 114 valence electrons. The summed E-state index contributed by atoms with van der Waals surface area (Å²) >= 11 is 0. The van der Waals surface area contributed by atoms with Gasteiger partial charge in [0, 0.05) is 11.6 Å². The van der Waals surface area contributed by atoms with Crippen LogP contribution < -0.4 is 5.19 Å². The zero-order chi connectivity index (χ0) is 16.6. The fourth-order valence-corrected chi connectivity index (χ4v) is 4.72. The number of nitrogens with zero attached hydrogens (tertiary/aromatic N) is 2. The third-order valence-corrected chi connectivity index (χ3v) is 6.23. The van der Waals surface area contributed by atoms with Crippen LogP contribution in [0.25, 0.3) is 22.0 Å². The molecule has 3 aromatic rings. The number of aryl methyl sites for hydroxylation is 1. The van der Waals surface area contributed by atoms with Gasteiger partial charge in [0.25, 0.3) is 0 Å². The molecule has 0 spiro atoms. The van der Waals surface area contributed by atoms with Crippen molar-refractivity contribution in [2.45, 2.75) is 26.6 Å². The maximum atomic E-state index is 9.59. The smallest absolute Gasteiger partial charge is 0.102 e. The first-order valence-electron chi connectivity index (χ1n) is 7.82. The highest BCUT2D eigenvalue weighted by atomic mass is 28.3. The van der Waals surface area contributed by atoms with Crippen LogP contribution in [0.1, 0.15) is 11.1 Å². The van der Waals surface area contributed by atoms with Gasteiger partial charge in [-0.3, -0.25) is 4.98 Å². The molecule has 0 N–H and O–H groups in total. The first-order chi connectivity index (χ1) is 10.9. The highest BCUT2D eigenvalue weighted by molar-refractivity contribution is 6.90. The van der Waals surface area contributed by atoms with Crippen LogP contribution in [0.5, 0.6) is 0 Å².